The van der Waals surface area contributed by atoms with E-state index in [9.17, 15) is 14.4 Å². The summed E-state index contributed by atoms with van der Waals surface area (Å²) in [6.45, 7) is 3.35. The molecule has 0 aliphatic carbocycles. The molecule has 0 bridgehead atoms. The predicted octanol–water partition coefficient (Wildman–Crippen LogP) is 0.0349. The number of carbonyl (C=O) groups is 3. The molecule has 0 rings (SSSR count). The van der Waals surface area contributed by atoms with Gasteiger partial charge in [-0.1, -0.05) is 6.92 Å². The van der Waals surface area contributed by atoms with Crippen LogP contribution in [-0.2, 0) is 19.1 Å². The number of nitrogens with one attached hydrogen (secondary N) is 1. The van der Waals surface area contributed by atoms with Crippen molar-refractivity contribution in [1.82, 2.24) is 5.32 Å². The first-order chi connectivity index (χ1) is 6.61. The fourth-order valence-electron chi connectivity index (χ4n) is 0.778. The first kappa shape index (κ1) is 12.6. The monoisotopic (exact) mass is 201 g/mol. The van der Waals surface area contributed by atoms with E-state index in [0.29, 0.717) is 12.8 Å². The summed E-state index contributed by atoms with van der Waals surface area (Å²) in [6.07, 6.45) is 1.07. The van der Waals surface area contributed by atoms with E-state index < -0.39 is 11.8 Å². The molecule has 0 radical (unpaired) electrons. The zero-order chi connectivity index (χ0) is 11.0. The first-order valence-corrected chi connectivity index (χ1v) is 4.58. The quantitative estimate of drug-likeness (QED) is 0.486. The van der Waals surface area contributed by atoms with Crippen LogP contribution < -0.4 is 5.32 Å². The number of hydrogen-bond acceptors (Lipinski definition) is 4. The van der Waals surface area contributed by atoms with Crippen molar-refractivity contribution in [2.75, 3.05) is 13.2 Å². The molecule has 80 valence electrons. The van der Waals surface area contributed by atoms with E-state index in [1.165, 1.54) is 0 Å². The lowest BCUT2D eigenvalue weighted by atomic mass is 10.3. The van der Waals surface area contributed by atoms with Crippen LogP contribution in [0.5, 0.6) is 0 Å². The number of rotatable bonds is 6. The third-order valence-electron chi connectivity index (χ3n) is 1.43. The highest BCUT2D eigenvalue weighted by Gasteiger charge is 2.14. The second-order valence-corrected chi connectivity index (χ2v) is 2.67. The Morgan fingerprint density at radius 1 is 1.21 bits per heavy atom. The molecule has 0 heterocycles. The van der Waals surface area contributed by atoms with Crippen LogP contribution in [-0.4, -0.2) is 30.8 Å². The number of esters is 1. The fraction of sp³-hybridized carbons (Fsp3) is 0.667. The van der Waals surface area contributed by atoms with Gasteiger partial charge in [-0.05, 0) is 13.3 Å². The second-order valence-electron chi connectivity index (χ2n) is 2.67. The van der Waals surface area contributed by atoms with Gasteiger partial charge in [0.05, 0.1) is 13.2 Å². The maximum atomic E-state index is 11.0. The average Bonchev–Trinajstić information content (AvgIpc) is 2.15. The molecule has 0 fully saturated rings. The lowest BCUT2D eigenvalue weighted by molar-refractivity contribution is -0.153. The molecular formula is C9H15NO4. The Hall–Kier alpha value is -1.39. The summed E-state index contributed by atoms with van der Waals surface area (Å²) in [5.74, 6) is -1.86. The number of Topliss-reactive ketones (excluding diaryl/α,β-unsaturated/α-hetero) is 1. The van der Waals surface area contributed by atoms with Gasteiger partial charge in [-0.2, -0.15) is 0 Å². The highest BCUT2D eigenvalue weighted by molar-refractivity contribution is 6.34. The lowest BCUT2D eigenvalue weighted by Gasteiger charge is -2.02. The van der Waals surface area contributed by atoms with Crippen LogP contribution in [0.4, 0.5) is 0 Å². The smallest absolute Gasteiger partial charge is 0.376 e. The van der Waals surface area contributed by atoms with Crippen LogP contribution in [0, 0.1) is 0 Å². The van der Waals surface area contributed by atoms with Gasteiger partial charge < -0.3 is 10.1 Å². The van der Waals surface area contributed by atoms with Gasteiger partial charge in [0.1, 0.15) is 0 Å². The molecule has 0 unspecified atom stereocenters. The van der Waals surface area contributed by atoms with Gasteiger partial charge in [-0.3, -0.25) is 9.59 Å². The van der Waals surface area contributed by atoms with E-state index >= 15 is 0 Å². The average molecular weight is 201 g/mol. The molecule has 0 atom stereocenters. The molecule has 1 N–H and O–H groups in total. The van der Waals surface area contributed by atoms with Gasteiger partial charge in [0.2, 0.25) is 5.91 Å². The first-order valence-electron chi connectivity index (χ1n) is 4.58. The van der Waals surface area contributed by atoms with Gasteiger partial charge in [0.15, 0.2) is 0 Å². The predicted molar refractivity (Wildman–Crippen MR) is 49.6 cm³/mol. The Bertz CT molecular complexity index is 225. The lowest BCUT2D eigenvalue weighted by Crippen LogP contribution is -2.33. The summed E-state index contributed by atoms with van der Waals surface area (Å²) in [6, 6.07) is 0. The highest BCUT2D eigenvalue weighted by atomic mass is 16.5. The normalized spacial score (nSPS) is 9.29. The Balaban J connectivity index is 3.73. The van der Waals surface area contributed by atoms with E-state index in [1.54, 1.807) is 6.92 Å². The van der Waals surface area contributed by atoms with Crippen molar-refractivity contribution >= 4 is 17.7 Å². The van der Waals surface area contributed by atoms with E-state index in [0.717, 1.165) is 0 Å². The number of ether oxygens (including phenoxy) is 1. The summed E-state index contributed by atoms with van der Waals surface area (Å²) >= 11 is 0. The molecule has 0 aromatic carbocycles. The van der Waals surface area contributed by atoms with Gasteiger partial charge >= 0.3 is 5.97 Å². The van der Waals surface area contributed by atoms with E-state index in [1.807, 2.05) is 6.92 Å². The second kappa shape index (κ2) is 7.06. The third-order valence-corrected chi connectivity index (χ3v) is 1.43. The molecule has 0 saturated heterocycles. The minimum Gasteiger partial charge on any atom is -0.460 e. The Kier molecular flexibility index (Phi) is 6.36. The van der Waals surface area contributed by atoms with E-state index in [2.05, 4.69) is 10.1 Å². The topological polar surface area (TPSA) is 72.5 Å². The molecular weight excluding hydrogens is 186 g/mol. The van der Waals surface area contributed by atoms with Crippen molar-refractivity contribution in [3.05, 3.63) is 0 Å². The standard InChI is InChI=1S/C9H15NO4/c1-3-5-8(12)10-6-7(11)9(13)14-4-2/h3-6H2,1-2H3,(H,10,12). The van der Waals surface area contributed by atoms with Gasteiger partial charge in [0, 0.05) is 6.42 Å². The molecule has 0 spiro atoms. The molecule has 0 aromatic heterocycles. The molecule has 14 heavy (non-hydrogen) atoms. The molecule has 1 amide bonds. The minimum atomic E-state index is -0.899. The van der Waals surface area contributed by atoms with Crippen LogP contribution in [0.3, 0.4) is 0 Å². The summed E-state index contributed by atoms with van der Waals surface area (Å²) in [7, 11) is 0. The van der Waals surface area contributed by atoms with Gasteiger partial charge in [-0.15, -0.1) is 0 Å². The Morgan fingerprint density at radius 2 is 1.86 bits per heavy atom. The van der Waals surface area contributed by atoms with E-state index in [-0.39, 0.29) is 19.1 Å². The molecule has 0 aromatic rings. The van der Waals surface area contributed by atoms with Crippen molar-refractivity contribution in [3.63, 3.8) is 0 Å². The summed E-state index contributed by atoms with van der Waals surface area (Å²) in [5, 5.41) is 2.33. The summed E-state index contributed by atoms with van der Waals surface area (Å²) in [4.78, 5) is 32.7. The van der Waals surface area contributed by atoms with Gasteiger partial charge in [-0.25, -0.2) is 4.79 Å². The van der Waals surface area contributed by atoms with Crippen molar-refractivity contribution in [3.8, 4) is 0 Å². The van der Waals surface area contributed by atoms with Gasteiger partial charge in [0.25, 0.3) is 5.78 Å². The summed E-state index contributed by atoms with van der Waals surface area (Å²) < 4.78 is 4.46. The molecule has 5 heteroatoms. The van der Waals surface area contributed by atoms with E-state index in [4.69, 9.17) is 0 Å². The SMILES string of the molecule is CCCC(=O)NCC(=O)C(=O)OCC. The zero-order valence-electron chi connectivity index (χ0n) is 8.46. The van der Waals surface area contributed by atoms with Crippen LogP contribution in [0.25, 0.3) is 0 Å². The number of carbonyl (C=O) groups excluding carboxylic acids is 3. The number of ketones is 1. The highest BCUT2D eigenvalue weighted by Crippen LogP contribution is 1.86. The fourth-order valence-corrected chi connectivity index (χ4v) is 0.778. The molecule has 0 aliphatic rings. The zero-order valence-corrected chi connectivity index (χ0v) is 8.46. The van der Waals surface area contributed by atoms with Crippen LogP contribution in [0.15, 0.2) is 0 Å². The largest absolute Gasteiger partial charge is 0.460 e. The molecule has 5 nitrogen and oxygen atoms in total. The minimum absolute atomic E-state index is 0.160. The van der Waals surface area contributed by atoms with Crippen molar-refractivity contribution in [2.24, 2.45) is 0 Å². The third kappa shape index (κ3) is 5.29. The Labute approximate surface area is 82.8 Å². The van der Waals surface area contributed by atoms with Crippen LogP contribution in [0.1, 0.15) is 26.7 Å². The van der Waals surface area contributed by atoms with Crippen molar-refractivity contribution < 1.29 is 19.1 Å². The number of hydrogen-bond donors (Lipinski definition) is 1. The molecule has 0 saturated carbocycles. The summed E-state index contributed by atoms with van der Waals surface area (Å²) in [5.41, 5.74) is 0. The Morgan fingerprint density at radius 3 is 2.36 bits per heavy atom. The van der Waals surface area contributed by atoms with Crippen LogP contribution in [0.2, 0.25) is 0 Å². The maximum Gasteiger partial charge on any atom is 0.376 e. The molecule has 0 aliphatic heterocycles. The number of amides is 1. The van der Waals surface area contributed by atoms with Crippen LogP contribution >= 0.6 is 0 Å². The van der Waals surface area contributed by atoms with Crippen molar-refractivity contribution in [2.45, 2.75) is 26.7 Å². The maximum absolute atomic E-state index is 11.0. The van der Waals surface area contributed by atoms with Crippen molar-refractivity contribution in [1.29, 1.82) is 0 Å².